The molecule has 3 nitrogen and oxygen atoms in total. The van der Waals surface area contributed by atoms with Crippen LogP contribution in [0.15, 0.2) is 84.9 Å². The standard InChI is InChI=1S/C21H20FN3S/c22-19-11-13-20(14-12-19)23-21(26)24-25(15-17-7-3-1-4-8-17)16-18-9-5-2-6-10-18/h1-14H,15-16H2,(H2,23,24,26). The maximum absolute atomic E-state index is 13.0. The molecule has 3 rings (SSSR count). The largest absolute Gasteiger partial charge is 0.332 e. The molecule has 0 atom stereocenters. The van der Waals surface area contributed by atoms with Gasteiger partial charge in [-0.1, -0.05) is 60.7 Å². The molecule has 0 aliphatic carbocycles. The van der Waals surface area contributed by atoms with E-state index in [2.05, 4.69) is 35.0 Å². The Morgan fingerprint density at radius 1 is 0.769 bits per heavy atom. The van der Waals surface area contributed by atoms with Crippen molar-refractivity contribution in [3.63, 3.8) is 0 Å². The molecule has 0 amide bonds. The Kier molecular flexibility index (Phi) is 6.30. The molecule has 0 radical (unpaired) electrons. The summed E-state index contributed by atoms with van der Waals surface area (Å²) in [7, 11) is 0. The summed E-state index contributed by atoms with van der Waals surface area (Å²) in [5.74, 6) is -0.274. The second kappa shape index (κ2) is 9.08. The van der Waals surface area contributed by atoms with E-state index in [0.717, 1.165) is 5.69 Å². The predicted molar refractivity (Wildman–Crippen MR) is 108 cm³/mol. The van der Waals surface area contributed by atoms with Gasteiger partial charge in [0.05, 0.1) is 0 Å². The van der Waals surface area contributed by atoms with Crippen LogP contribution in [0, 0.1) is 5.82 Å². The molecule has 0 heterocycles. The lowest BCUT2D eigenvalue weighted by molar-refractivity contribution is 0.218. The molecule has 3 aromatic rings. The third kappa shape index (κ3) is 5.65. The van der Waals surface area contributed by atoms with E-state index in [-0.39, 0.29) is 5.82 Å². The highest BCUT2D eigenvalue weighted by molar-refractivity contribution is 7.80. The van der Waals surface area contributed by atoms with E-state index in [1.54, 1.807) is 12.1 Å². The van der Waals surface area contributed by atoms with E-state index < -0.39 is 0 Å². The zero-order valence-corrected chi connectivity index (χ0v) is 15.0. The molecule has 3 aromatic carbocycles. The summed E-state index contributed by atoms with van der Waals surface area (Å²) >= 11 is 5.42. The summed E-state index contributed by atoms with van der Waals surface area (Å²) in [5, 5.41) is 5.59. The summed E-state index contributed by atoms with van der Waals surface area (Å²) in [6.07, 6.45) is 0. The zero-order valence-electron chi connectivity index (χ0n) is 14.2. The molecular weight excluding hydrogens is 345 g/mol. The van der Waals surface area contributed by atoms with E-state index in [1.165, 1.54) is 23.3 Å². The van der Waals surface area contributed by atoms with Crippen molar-refractivity contribution >= 4 is 23.0 Å². The molecule has 0 saturated carbocycles. The minimum atomic E-state index is -0.274. The maximum Gasteiger partial charge on any atom is 0.185 e. The number of halogens is 1. The van der Waals surface area contributed by atoms with Crippen molar-refractivity contribution in [3.8, 4) is 0 Å². The van der Waals surface area contributed by atoms with E-state index in [1.807, 2.05) is 41.4 Å². The number of anilines is 1. The summed E-state index contributed by atoms with van der Waals surface area (Å²) in [6.45, 7) is 1.39. The molecule has 2 N–H and O–H groups in total. The van der Waals surface area contributed by atoms with Gasteiger partial charge in [-0.15, -0.1) is 0 Å². The number of hydrazine groups is 1. The van der Waals surface area contributed by atoms with Gasteiger partial charge in [0.1, 0.15) is 5.82 Å². The van der Waals surface area contributed by atoms with Crippen LogP contribution in [0.4, 0.5) is 10.1 Å². The molecule has 0 unspecified atom stereocenters. The highest BCUT2D eigenvalue weighted by atomic mass is 32.1. The topological polar surface area (TPSA) is 27.3 Å². The second-order valence-corrected chi connectivity index (χ2v) is 6.31. The first-order valence-electron chi connectivity index (χ1n) is 8.35. The fourth-order valence-corrected chi connectivity index (χ4v) is 2.83. The van der Waals surface area contributed by atoms with Crippen LogP contribution in [0.5, 0.6) is 0 Å². The number of nitrogens with zero attached hydrogens (tertiary/aromatic N) is 1. The first-order chi connectivity index (χ1) is 12.7. The van der Waals surface area contributed by atoms with Gasteiger partial charge in [-0.3, -0.25) is 5.43 Å². The molecular formula is C21H20FN3S. The Bertz CT molecular complexity index is 781. The average molecular weight is 365 g/mol. The van der Waals surface area contributed by atoms with Crippen LogP contribution >= 0.6 is 12.2 Å². The number of hydrogen-bond donors (Lipinski definition) is 2. The van der Waals surface area contributed by atoms with Gasteiger partial charge in [-0.05, 0) is 47.6 Å². The van der Waals surface area contributed by atoms with Crippen molar-refractivity contribution in [2.24, 2.45) is 0 Å². The van der Waals surface area contributed by atoms with Gasteiger partial charge in [0, 0.05) is 18.8 Å². The minimum Gasteiger partial charge on any atom is -0.332 e. The average Bonchev–Trinajstić information content (AvgIpc) is 2.65. The molecule has 0 spiro atoms. The fourth-order valence-electron chi connectivity index (χ4n) is 2.58. The van der Waals surface area contributed by atoms with Gasteiger partial charge < -0.3 is 5.32 Å². The number of hydrogen-bond acceptors (Lipinski definition) is 2. The Hall–Kier alpha value is -2.76. The number of rotatable bonds is 6. The minimum absolute atomic E-state index is 0.274. The van der Waals surface area contributed by atoms with Gasteiger partial charge in [0.25, 0.3) is 0 Å². The van der Waals surface area contributed by atoms with Gasteiger partial charge >= 0.3 is 0 Å². The molecule has 0 saturated heterocycles. The van der Waals surface area contributed by atoms with Gasteiger partial charge in [-0.25, -0.2) is 9.40 Å². The number of thiocarbonyl (C=S) groups is 1. The monoisotopic (exact) mass is 365 g/mol. The van der Waals surface area contributed by atoms with Crippen molar-refractivity contribution in [3.05, 3.63) is 102 Å². The Morgan fingerprint density at radius 3 is 1.77 bits per heavy atom. The first-order valence-corrected chi connectivity index (χ1v) is 8.76. The van der Waals surface area contributed by atoms with Crippen LogP contribution in [-0.4, -0.2) is 10.1 Å². The van der Waals surface area contributed by atoms with E-state index in [9.17, 15) is 4.39 Å². The molecule has 5 heteroatoms. The second-order valence-electron chi connectivity index (χ2n) is 5.90. The lowest BCUT2D eigenvalue weighted by atomic mass is 10.2. The molecule has 26 heavy (non-hydrogen) atoms. The van der Waals surface area contributed by atoms with Crippen molar-refractivity contribution < 1.29 is 4.39 Å². The normalized spacial score (nSPS) is 10.5. The molecule has 0 bridgehead atoms. The third-order valence-corrected chi connectivity index (χ3v) is 3.99. The third-order valence-electron chi connectivity index (χ3n) is 3.79. The van der Waals surface area contributed by atoms with Crippen LogP contribution in [0.3, 0.4) is 0 Å². The molecule has 0 aromatic heterocycles. The maximum atomic E-state index is 13.0. The number of nitrogens with one attached hydrogen (secondary N) is 2. The van der Waals surface area contributed by atoms with Crippen LogP contribution in [0.25, 0.3) is 0 Å². The van der Waals surface area contributed by atoms with Crippen molar-refractivity contribution in [1.82, 2.24) is 10.4 Å². The first kappa shape index (κ1) is 18.0. The highest BCUT2D eigenvalue weighted by Crippen LogP contribution is 2.10. The van der Waals surface area contributed by atoms with E-state index >= 15 is 0 Å². The Balaban J connectivity index is 1.67. The summed E-state index contributed by atoms with van der Waals surface area (Å²) in [6, 6.07) is 26.5. The van der Waals surface area contributed by atoms with Crippen molar-refractivity contribution in [2.75, 3.05) is 5.32 Å². The lowest BCUT2D eigenvalue weighted by Crippen LogP contribution is -2.43. The van der Waals surface area contributed by atoms with Crippen LogP contribution in [-0.2, 0) is 13.1 Å². The summed E-state index contributed by atoms with van der Waals surface area (Å²) in [4.78, 5) is 0. The Morgan fingerprint density at radius 2 is 1.27 bits per heavy atom. The van der Waals surface area contributed by atoms with Gasteiger partial charge in [0.15, 0.2) is 5.11 Å². The van der Waals surface area contributed by atoms with Gasteiger partial charge in [0.2, 0.25) is 0 Å². The fraction of sp³-hybridized carbons (Fsp3) is 0.0952. The molecule has 132 valence electrons. The predicted octanol–water partition coefficient (Wildman–Crippen LogP) is 4.73. The molecule has 0 fully saturated rings. The molecule has 0 aliphatic heterocycles. The van der Waals surface area contributed by atoms with Gasteiger partial charge in [-0.2, -0.15) is 0 Å². The Labute approximate surface area is 158 Å². The van der Waals surface area contributed by atoms with Crippen LogP contribution < -0.4 is 10.7 Å². The van der Waals surface area contributed by atoms with Crippen molar-refractivity contribution in [1.29, 1.82) is 0 Å². The summed E-state index contributed by atoms with van der Waals surface area (Å²) < 4.78 is 13.0. The number of benzene rings is 3. The van der Waals surface area contributed by atoms with Crippen molar-refractivity contribution in [2.45, 2.75) is 13.1 Å². The quantitative estimate of drug-likeness (QED) is 0.488. The van der Waals surface area contributed by atoms with E-state index in [4.69, 9.17) is 12.2 Å². The SMILES string of the molecule is Fc1ccc(NC(=S)NN(Cc2ccccc2)Cc2ccccc2)cc1. The highest BCUT2D eigenvalue weighted by Gasteiger charge is 2.09. The smallest absolute Gasteiger partial charge is 0.185 e. The van der Waals surface area contributed by atoms with E-state index in [0.29, 0.717) is 18.2 Å². The van der Waals surface area contributed by atoms with Crippen LogP contribution in [0.1, 0.15) is 11.1 Å². The zero-order chi connectivity index (χ0) is 18.2. The molecule has 0 aliphatic rings. The lowest BCUT2D eigenvalue weighted by Gasteiger charge is -2.25. The summed E-state index contributed by atoms with van der Waals surface area (Å²) in [5.41, 5.74) is 6.34. The van der Waals surface area contributed by atoms with Crippen LogP contribution in [0.2, 0.25) is 0 Å².